The van der Waals surface area contributed by atoms with E-state index >= 15 is 0 Å². The van der Waals surface area contributed by atoms with Crippen LogP contribution >= 0.6 is 23.2 Å². The molecule has 0 radical (unpaired) electrons. The molecule has 0 amide bonds. The van der Waals surface area contributed by atoms with Gasteiger partial charge in [0, 0.05) is 5.02 Å². The molecule has 3 rings (SSSR count). The number of hydrogen-bond donors (Lipinski definition) is 0. The highest BCUT2D eigenvalue weighted by Crippen LogP contribution is 2.38. The minimum absolute atomic E-state index is 0.128. The summed E-state index contributed by atoms with van der Waals surface area (Å²) in [5.74, 6) is 0.792. The number of carbonyl (C=O) groups is 1. The number of rotatable bonds is 4. The zero-order chi connectivity index (χ0) is 16.2. The summed E-state index contributed by atoms with van der Waals surface area (Å²) in [5.41, 5.74) is 1.60. The third-order valence-corrected chi connectivity index (χ3v) is 3.85. The Morgan fingerprint density at radius 3 is 2.57 bits per heavy atom. The number of benzene rings is 2. The Bertz CT molecular complexity index is 713. The summed E-state index contributed by atoms with van der Waals surface area (Å²) in [6, 6.07) is 10.6. The Balaban J connectivity index is 1.60. The molecule has 0 aromatic heterocycles. The van der Waals surface area contributed by atoms with E-state index in [2.05, 4.69) is 0 Å². The molecule has 23 heavy (non-hydrogen) atoms. The molecule has 0 aliphatic carbocycles. The Morgan fingerprint density at radius 1 is 1.04 bits per heavy atom. The lowest BCUT2D eigenvalue weighted by Gasteiger charge is -2.20. The number of halogens is 2. The molecular formula is C17H14Cl2O4. The van der Waals surface area contributed by atoms with E-state index in [4.69, 9.17) is 37.4 Å². The summed E-state index contributed by atoms with van der Waals surface area (Å²) in [6.45, 7) is 1.08. The first-order chi connectivity index (χ1) is 11.1. The largest absolute Gasteiger partial charge is 0.486 e. The SMILES string of the molecule is O=C(Cc1ccc(Cl)cc1)OCc1cc(Cl)c2c(c1)OCCO2. The predicted octanol–water partition coefficient (Wildman–Crippen LogP) is 4.05. The van der Waals surface area contributed by atoms with Crippen LogP contribution in [0.15, 0.2) is 36.4 Å². The number of ether oxygens (including phenoxy) is 3. The van der Waals surface area contributed by atoms with Crippen LogP contribution in [0.4, 0.5) is 0 Å². The van der Waals surface area contributed by atoms with Crippen LogP contribution < -0.4 is 9.47 Å². The molecule has 6 heteroatoms. The second-order valence-electron chi connectivity index (χ2n) is 5.07. The van der Waals surface area contributed by atoms with Crippen molar-refractivity contribution in [1.82, 2.24) is 0 Å². The van der Waals surface area contributed by atoms with Crippen LogP contribution in [0.5, 0.6) is 11.5 Å². The van der Waals surface area contributed by atoms with Crippen molar-refractivity contribution in [2.75, 3.05) is 13.2 Å². The highest BCUT2D eigenvalue weighted by atomic mass is 35.5. The van der Waals surface area contributed by atoms with Crippen LogP contribution in [-0.2, 0) is 22.6 Å². The number of hydrogen-bond acceptors (Lipinski definition) is 4. The minimum Gasteiger partial charge on any atom is -0.486 e. The Kier molecular flexibility index (Phi) is 4.94. The molecular weight excluding hydrogens is 339 g/mol. The summed E-state index contributed by atoms with van der Waals surface area (Å²) >= 11 is 12.0. The number of esters is 1. The summed E-state index contributed by atoms with van der Waals surface area (Å²) in [6.07, 6.45) is 0.190. The van der Waals surface area contributed by atoms with Crippen molar-refractivity contribution < 1.29 is 19.0 Å². The van der Waals surface area contributed by atoms with Crippen molar-refractivity contribution in [3.05, 3.63) is 57.6 Å². The predicted molar refractivity (Wildman–Crippen MR) is 87.4 cm³/mol. The minimum atomic E-state index is -0.321. The normalized spacial score (nSPS) is 12.8. The maximum Gasteiger partial charge on any atom is 0.310 e. The number of fused-ring (bicyclic) bond motifs is 1. The van der Waals surface area contributed by atoms with Gasteiger partial charge >= 0.3 is 5.97 Å². The van der Waals surface area contributed by atoms with Crippen LogP contribution in [0.3, 0.4) is 0 Å². The van der Waals surface area contributed by atoms with Gasteiger partial charge in [0.05, 0.1) is 11.4 Å². The zero-order valence-corrected chi connectivity index (χ0v) is 13.7. The van der Waals surface area contributed by atoms with Crippen molar-refractivity contribution in [2.45, 2.75) is 13.0 Å². The molecule has 0 saturated heterocycles. The van der Waals surface area contributed by atoms with E-state index in [0.29, 0.717) is 34.8 Å². The molecule has 0 fully saturated rings. The van der Waals surface area contributed by atoms with Crippen molar-refractivity contribution in [3.63, 3.8) is 0 Å². The fourth-order valence-electron chi connectivity index (χ4n) is 2.23. The van der Waals surface area contributed by atoms with Crippen LogP contribution in [0.25, 0.3) is 0 Å². The van der Waals surface area contributed by atoms with E-state index in [0.717, 1.165) is 11.1 Å². The van der Waals surface area contributed by atoms with Gasteiger partial charge in [0.15, 0.2) is 11.5 Å². The van der Waals surface area contributed by atoms with Crippen LogP contribution in [-0.4, -0.2) is 19.2 Å². The zero-order valence-electron chi connectivity index (χ0n) is 12.2. The molecule has 1 aliphatic heterocycles. The molecule has 0 bridgehead atoms. The van der Waals surface area contributed by atoms with E-state index in [1.807, 2.05) is 0 Å². The fraction of sp³-hybridized carbons (Fsp3) is 0.235. The van der Waals surface area contributed by atoms with E-state index in [1.165, 1.54) is 0 Å². The standard InChI is InChI=1S/C17H14Cl2O4/c18-13-3-1-11(2-4-13)9-16(20)23-10-12-7-14(19)17-15(8-12)21-5-6-22-17/h1-4,7-8H,5-6,9-10H2. The second-order valence-corrected chi connectivity index (χ2v) is 5.91. The van der Waals surface area contributed by atoms with Gasteiger partial charge in [-0.15, -0.1) is 0 Å². The first-order valence-electron chi connectivity index (χ1n) is 7.10. The van der Waals surface area contributed by atoms with Gasteiger partial charge in [-0.05, 0) is 35.4 Å². The molecule has 0 unspecified atom stereocenters. The molecule has 0 N–H and O–H groups in total. The summed E-state index contributed by atoms with van der Waals surface area (Å²) < 4.78 is 16.2. The highest BCUT2D eigenvalue weighted by Gasteiger charge is 2.17. The molecule has 1 heterocycles. The quantitative estimate of drug-likeness (QED) is 0.778. The average molecular weight is 353 g/mol. The van der Waals surface area contributed by atoms with Crippen molar-refractivity contribution in [1.29, 1.82) is 0 Å². The Labute approximate surface area is 143 Å². The van der Waals surface area contributed by atoms with Gasteiger partial charge in [-0.2, -0.15) is 0 Å². The lowest BCUT2D eigenvalue weighted by molar-refractivity contribution is -0.144. The molecule has 4 nitrogen and oxygen atoms in total. The van der Waals surface area contributed by atoms with Gasteiger partial charge in [0.25, 0.3) is 0 Å². The Morgan fingerprint density at radius 2 is 1.78 bits per heavy atom. The van der Waals surface area contributed by atoms with E-state index < -0.39 is 0 Å². The van der Waals surface area contributed by atoms with Crippen molar-refractivity contribution >= 4 is 29.2 Å². The average Bonchev–Trinajstić information content (AvgIpc) is 2.55. The molecule has 0 atom stereocenters. The smallest absolute Gasteiger partial charge is 0.310 e. The van der Waals surface area contributed by atoms with E-state index in [-0.39, 0.29) is 19.0 Å². The first kappa shape index (κ1) is 16.0. The van der Waals surface area contributed by atoms with E-state index in [1.54, 1.807) is 36.4 Å². The summed E-state index contributed by atoms with van der Waals surface area (Å²) in [4.78, 5) is 11.9. The van der Waals surface area contributed by atoms with Crippen molar-refractivity contribution in [2.24, 2.45) is 0 Å². The molecule has 2 aromatic carbocycles. The van der Waals surface area contributed by atoms with Crippen LogP contribution in [0, 0.1) is 0 Å². The molecule has 1 aliphatic rings. The summed E-state index contributed by atoms with van der Waals surface area (Å²) in [5, 5.41) is 1.08. The first-order valence-corrected chi connectivity index (χ1v) is 7.85. The molecule has 0 saturated carbocycles. The van der Waals surface area contributed by atoms with Gasteiger partial charge in [0.2, 0.25) is 0 Å². The number of carbonyl (C=O) groups excluding carboxylic acids is 1. The lowest BCUT2D eigenvalue weighted by atomic mass is 10.1. The van der Waals surface area contributed by atoms with Crippen LogP contribution in [0.1, 0.15) is 11.1 Å². The van der Waals surface area contributed by atoms with Gasteiger partial charge in [0.1, 0.15) is 19.8 Å². The lowest BCUT2D eigenvalue weighted by Crippen LogP contribution is -2.16. The summed E-state index contributed by atoms with van der Waals surface area (Å²) in [7, 11) is 0. The maximum absolute atomic E-state index is 11.9. The monoisotopic (exact) mass is 352 g/mol. The van der Waals surface area contributed by atoms with Gasteiger partial charge in [-0.3, -0.25) is 4.79 Å². The molecule has 2 aromatic rings. The molecule has 0 spiro atoms. The van der Waals surface area contributed by atoms with Crippen LogP contribution in [0.2, 0.25) is 10.0 Å². The molecule has 120 valence electrons. The maximum atomic E-state index is 11.9. The Hall–Kier alpha value is -1.91. The third-order valence-electron chi connectivity index (χ3n) is 3.32. The van der Waals surface area contributed by atoms with Gasteiger partial charge < -0.3 is 14.2 Å². The third kappa shape index (κ3) is 4.09. The highest BCUT2D eigenvalue weighted by molar-refractivity contribution is 6.32. The fourth-order valence-corrected chi connectivity index (χ4v) is 2.65. The van der Waals surface area contributed by atoms with E-state index in [9.17, 15) is 4.79 Å². The van der Waals surface area contributed by atoms with Gasteiger partial charge in [-0.25, -0.2) is 0 Å². The second kappa shape index (κ2) is 7.11. The topological polar surface area (TPSA) is 44.8 Å². The van der Waals surface area contributed by atoms with Crippen molar-refractivity contribution in [3.8, 4) is 11.5 Å². The van der Waals surface area contributed by atoms with Gasteiger partial charge in [-0.1, -0.05) is 35.3 Å².